The van der Waals surface area contributed by atoms with Gasteiger partial charge in [-0.15, -0.1) is 0 Å². The molecule has 1 aromatic rings. The summed E-state index contributed by atoms with van der Waals surface area (Å²) in [5, 5.41) is 9.08. The SMILES string of the molecule is Cc1cc(C)c(C(C)(C)C)c(C#N)c1. The van der Waals surface area contributed by atoms with Crippen molar-refractivity contribution in [3.05, 3.63) is 34.4 Å². The second-order valence-electron chi connectivity index (χ2n) is 4.87. The summed E-state index contributed by atoms with van der Waals surface area (Å²) >= 11 is 0. The molecule has 0 amide bonds. The van der Waals surface area contributed by atoms with E-state index in [0.29, 0.717) is 0 Å². The number of hydrogen-bond donors (Lipinski definition) is 0. The maximum atomic E-state index is 9.08. The average molecular weight is 187 g/mol. The van der Waals surface area contributed by atoms with Crippen molar-refractivity contribution < 1.29 is 0 Å². The molecule has 1 aromatic carbocycles. The zero-order valence-corrected chi connectivity index (χ0v) is 9.60. The number of nitriles is 1. The lowest BCUT2D eigenvalue weighted by molar-refractivity contribution is 0.584. The minimum atomic E-state index is 0.0445. The highest BCUT2D eigenvalue weighted by molar-refractivity contribution is 5.48. The van der Waals surface area contributed by atoms with Gasteiger partial charge in [0.2, 0.25) is 0 Å². The minimum absolute atomic E-state index is 0.0445. The van der Waals surface area contributed by atoms with E-state index in [9.17, 15) is 0 Å². The van der Waals surface area contributed by atoms with Crippen LogP contribution in [-0.4, -0.2) is 0 Å². The van der Waals surface area contributed by atoms with Crippen LogP contribution < -0.4 is 0 Å². The van der Waals surface area contributed by atoms with E-state index in [4.69, 9.17) is 5.26 Å². The molecule has 0 atom stereocenters. The van der Waals surface area contributed by atoms with Gasteiger partial charge in [-0.25, -0.2) is 0 Å². The Balaban J connectivity index is 3.51. The van der Waals surface area contributed by atoms with Gasteiger partial charge in [-0.05, 0) is 42.0 Å². The van der Waals surface area contributed by atoms with Gasteiger partial charge in [0.25, 0.3) is 0 Å². The van der Waals surface area contributed by atoms with E-state index in [1.54, 1.807) is 0 Å². The molecule has 0 unspecified atom stereocenters. The maximum absolute atomic E-state index is 9.08. The van der Waals surface area contributed by atoms with Crippen molar-refractivity contribution in [1.29, 1.82) is 5.26 Å². The summed E-state index contributed by atoms with van der Waals surface area (Å²) in [6.07, 6.45) is 0. The standard InChI is InChI=1S/C13H17N/c1-9-6-10(2)12(13(3,4)5)11(7-9)8-14/h6-7H,1-5H3. The van der Waals surface area contributed by atoms with Crippen molar-refractivity contribution in [2.75, 3.05) is 0 Å². The van der Waals surface area contributed by atoms with Crippen molar-refractivity contribution in [2.45, 2.75) is 40.0 Å². The Labute approximate surface area is 86.4 Å². The Hall–Kier alpha value is -1.29. The second kappa shape index (κ2) is 3.46. The third kappa shape index (κ3) is 1.96. The molecular formula is C13H17N. The molecule has 0 aliphatic heterocycles. The van der Waals surface area contributed by atoms with Gasteiger partial charge in [-0.3, -0.25) is 0 Å². The molecule has 1 heteroatoms. The summed E-state index contributed by atoms with van der Waals surface area (Å²) in [7, 11) is 0. The molecule has 1 nitrogen and oxygen atoms in total. The molecule has 0 aromatic heterocycles. The van der Waals surface area contributed by atoms with E-state index >= 15 is 0 Å². The Bertz CT molecular complexity index is 389. The van der Waals surface area contributed by atoms with Crippen LogP contribution in [0.4, 0.5) is 0 Å². The molecule has 0 N–H and O–H groups in total. The van der Waals surface area contributed by atoms with Crippen molar-refractivity contribution in [2.24, 2.45) is 0 Å². The van der Waals surface area contributed by atoms with E-state index < -0.39 is 0 Å². The van der Waals surface area contributed by atoms with Crippen LogP contribution in [0, 0.1) is 25.2 Å². The Morgan fingerprint density at radius 1 is 1.14 bits per heavy atom. The molecular weight excluding hydrogens is 170 g/mol. The summed E-state index contributed by atoms with van der Waals surface area (Å²) in [4.78, 5) is 0. The maximum Gasteiger partial charge on any atom is 0.0994 e. The van der Waals surface area contributed by atoms with Gasteiger partial charge in [0, 0.05) is 0 Å². The predicted octanol–water partition coefficient (Wildman–Crippen LogP) is 3.47. The van der Waals surface area contributed by atoms with Crippen LogP contribution in [-0.2, 0) is 5.41 Å². The van der Waals surface area contributed by atoms with Crippen LogP contribution in [0.2, 0.25) is 0 Å². The zero-order valence-electron chi connectivity index (χ0n) is 9.60. The average Bonchev–Trinajstić information content (AvgIpc) is 1.99. The van der Waals surface area contributed by atoms with E-state index in [1.807, 2.05) is 13.0 Å². The van der Waals surface area contributed by atoms with Crippen LogP contribution >= 0.6 is 0 Å². The number of nitrogens with zero attached hydrogens (tertiary/aromatic N) is 1. The van der Waals surface area contributed by atoms with Gasteiger partial charge in [0.15, 0.2) is 0 Å². The molecule has 0 saturated heterocycles. The van der Waals surface area contributed by atoms with Gasteiger partial charge in [0.1, 0.15) is 0 Å². The third-order valence-electron chi connectivity index (χ3n) is 2.35. The normalized spacial score (nSPS) is 11.1. The van der Waals surface area contributed by atoms with Crippen LogP contribution in [0.25, 0.3) is 0 Å². The second-order valence-corrected chi connectivity index (χ2v) is 4.87. The van der Waals surface area contributed by atoms with E-state index in [-0.39, 0.29) is 5.41 Å². The third-order valence-corrected chi connectivity index (χ3v) is 2.35. The first-order valence-corrected chi connectivity index (χ1v) is 4.88. The first-order valence-electron chi connectivity index (χ1n) is 4.88. The minimum Gasteiger partial charge on any atom is -0.192 e. The van der Waals surface area contributed by atoms with Crippen LogP contribution in [0.5, 0.6) is 0 Å². The van der Waals surface area contributed by atoms with E-state index in [1.165, 1.54) is 11.1 Å². The molecule has 74 valence electrons. The van der Waals surface area contributed by atoms with Crippen molar-refractivity contribution >= 4 is 0 Å². The fourth-order valence-electron chi connectivity index (χ4n) is 2.05. The van der Waals surface area contributed by atoms with E-state index in [0.717, 1.165) is 11.1 Å². The molecule has 0 radical (unpaired) electrons. The highest BCUT2D eigenvalue weighted by atomic mass is 14.3. The van der Waals surface area contributed by atoms with Gasteiger partial charge in [-0.1, -0.05) is 26.8 Å². The van der Waals surface area contributed by atoms with Crippen LogP contribution in [0.3, 0.4) is 0 Å². The number of hydrogen-bond acceptors (Lipinski definition) is 1. The molecule has 0 heterocycles. The highest BCUT2D eigenvalue weighted by Gasteiger charge is 2.20. The van der Waals surface area contributed by atoms with Gasteiger partial charge >= 0.3 is 0 Å². The highest BCUT2D eigenvalue weighted by Crippen LogP contribution is 2.29. The monoisotopic (exact) mass is 187 g/mol. The molecule has 0 aliphatic carbocycles. The lowest BCUT2D eigenvalue weighted by atomic mass is 9.80. The van der Waals surface area contributed by atoms with Crippen LogP contribution in [0.15, 0.2) is 12.1 Å². The van der Waals surface area contributed by atoms with Gasteiger partial charge in [0.05, 0.1) is 11.6 Å². The topological polar surface area (TPSA) is 23.8 Å². The fraction of sp³-hybridized carbons (Fsp3) is 0.462. The van der Waals surface area contributed by atoms with Crippen molar-refractivity contribution in [3.8, 4) is 6.07 Å². The largest absolute Gasteiger partial charge is 0.192 e. The molecule has 1 rings (SSSR count). The number of benzene rings is 1. The Morgan fingerprint density at radius 2 is 1.71 bits per heavy atom. The molecule has 0 saturated carbocycles. The summed E-state index contributed by atoms with van der Waals surface area (Å²) in [6.45, 7) is 10.5. The molecule has 0 spiro atoms. The predicted molar refractivity (Wildman–Crippen MR) is 59.3 cm³/mol. The molecule has 0 aliphatic rings. The Morgan fingerprint density at radius 3 is 2.14 bits per heavy atom. The lowest BCUT2D eigenvalue weighted by Crippen LogP contribution is -2.15. The van der Waals surface area contributed by atoms with Gasteiger partial charge < -0.3 is 0 Å². The summed E-state index contributed by atoms with van der Waals surface area (Å²) < 4.78 is 0. The fourth-order valence-corrected chi connectivity index (χ4v) is 2.05. The zero-order chi connectivity index (χ0) is 10.9. The Kier molecular flexibility index (Phi) is 2.66. The quantitative estimate of drug-likeness (QED) is 0.610. The summed E-state index contributed by atoms with van der Waals surface area (Å²) in [5.74, 6) is 0. The lowest BCUT2D eigenvalue weighted by Gasteiger charge is -2.23. The van der Waals surface area contributed by atoms with Crippen molar-refractivity contribution in [1.82, 2.24) is 0 Å². The first-order chi connectivity index (χ1) is 6.36. The van der Waals surface area contributed by atoms with Crippen LogP contribution in [0.1, 0.15) is 43.0 Å². The molecule has 14 heavy (non-hydrogen) atoms. The first kappa shape index (κ1) is 10.8. The van der Waals surface area contributed by atoms with E-state index in [2.05, 4.69) is 39.8 Å². The summed E-state index contributed by atoms with van der Waals surface area (Å²) in [6, 6.07) is 6.39. The smallest absolute Gasteiger partial charge is 0.0994 e. The summed E-state index contributed by atoms with van der Waals surface area (Å²) in [5.41, 5.74) is 4.41. The number of rotatable bonds is 0. The van der Waals surface area contributed by atoms with Gasteiger partial charge in [-0.2, -0.15) is 5.26 Å². The number of aryl methyl sites for hydroxylation is 2. The van der Waals surface area contributed by atoms with Crippen molar-refractivity contribution in [3.63, 3.8) is 0 Å². The molecule has 0 bridgehead atoms. The molecule has 0 fully saturated rings.